The molecule has 1 atom stereocenters. The zero-order valence-corrected chi connectivity index (χ0v) is 14.9. The molecule has 1 aromatic carbocycles. The Bertz CT molecular complexity index is 687. The minimum atomic E-state index is -0.703. The minimum absolute atomic E-state index is 0.175. The number of hydrogen-bond donors (Lipinski definition) is 1. The lowest BCUT2D eigenvalue weighted by molar-refractivity contribution is -0.122. The van der Waals surface area contributed by atoms with Crippen molar-refractivity contribution >= 4 is 44.3 Å². The number of thiazole rings is 1. The highest BCUT2D eigenvalue weighted by Gasteiger charge is 2.18. The highest BCUT2D eigenvalue weighted by atomic mass is 79.9. The van der Waals surface area contributed by atoms with Crippen LogP contribution in [-0.2, 0) is 9.53 Å². The van der Waals surface area contributed by atoms with Crippen molar-refractivity contribution in [3.05, 3.63) is 39.8 Å². The van der Waals surface area contributed by atoms with Gasteiger partial charge in [-0.15, -0.1) is 11.3 Å². The summed E-state index contributed by atoms with van der Waals surface area (Å²) in [5.74, 6) is -0.275. The van der Waals surface area contributed by atoms with Crippen LogP contribution in [0.15, 0.2) is 34.1 Å². The highest BCUT2D eigenvalue weighted by Crippen LogP contribution is 2.19. The lowest BCUT2D eigenvalue weighted by Crippen LogP contribution is -2.30. The maximum atomic E-state index is 12.1. The van der Waals surface area contributed by atoms with Crippen LogP contribution in [0.2, 0.25) is 0 Å². The number of aromatic nitrogens is 1. The van der Waals surface area contributed by atoms with E-state index in [1.807, 2.05) is 12.1 Å². The van der Waals surface area contributed by atoms with Crippen molar-refractivity contribution in [3.8, 4) is 5.75 Å². The van der Waals surface area contributed by atoms with Crippen LogP contribution in [0.1, 0.15) is 24.3 Å². The SMILES string of the molecule is CCOC(=O)c1csc(NC(=O)C(C)Oc2ccc(Br)cc2)n1. The van der Waals surface area contributed by atoms with Gasteiger partial charge in [-0.25, -0.2) is 9.78 Å². The van der Waals surface area contributed by atoms with Gasteiger partial charge in [-0.1, -0.05) is 15.9 Å². The molecule has 1 aromatic heterocycles. The zero-order valence-electron chi connectivity index (χ0n) is 12.5. The number of ether oxygens (including phenoxy) is 2. The van der Waals surface area contributed by atoms with Crippen LogP contribution in [-0.4, -0.2) is 29.6 Å². The van der Waals surface area contributed by atoms with Crippen LogP contribution >= 0.6 is 27.3 Å². The number of carbonyl (C=O) groups excluding carboxylic acids is 2. The second-order valence-corrected chi connectivity index (χ2v) is 6.24. The van der Waals surface area contributed by atoms with E-state index in [1.54, 1.807) is 26.0 Å². The summed E-state index contributed by atoms with van der Waals surface area (Å²) in [5.41, 5.74) is 0.175. The van der Waals surface area contributed by atoms with Crippen molar-refractivity contribution in [2.75, 3.05) is 11.9 Å². The third-order valence-corrected chi connectivity index (χ3v) is 4.00. The average molecular weight is 399 g/mol. The molecule has 8 heteroatoms. The topological polar surface area (TPSA) is 77.5 Å². The molecule has 0 bridgehead atoms. The molecule has 1 amide bonds. The normalized spacial score (nSPS) is 11.6. The van der Waals surface area contributed by atoms with Crippen molar-refractivity contribution in [1.29, 1.82) is 0 Å². The lowest BCUT2D eigenvalue weighted by Gasteiger charge is -2.13. The van der Waals surface area contributed by atoms with E-state index in [-0.39, 0.29) is 18.2 Å². The molecule has 0 saturated heterocycles. The summed E-state index contributed by atoms with van der Waals surface area (Å²) in [5, 5.41) is 4.48. The molecule has 1 unspecified atom stereocenters. The van der Waals surface area contributed by atoms with Gasteiger partial charge in [-0.2, -0.15) is 0 Å². The zero-order chi connectivity index (χ0) is 16.8. The number of nitrogens with one attached hydrogen (secondary N) is 1. The van der Waals surface area contributed by atoms with Gasteiger partial charge in [0, 0.05) is 9.85 Å². The van der Waals surface area contributed by atoms with Crippen molar-refractivity contribution in [2.45, 2.75) is 20.0 Å². The Labute approximate surface area is 146 Å². The van der Waals surface area contributed by atoms with Crippen molar-refractivity contribution in [2.24, 2.45) is 0 Å². The highest BCUT2D eigenvalue weighted by molar-refractivity contribution is 9.10. The molecular formula is C15H15BrN2O4S. The number of amides is 1. The third kappa shape index (κ3) is 5.04. The number of halogens is 1. The lowest BCUT2D eigenvalue weighted by atomic mass is 10.3. The number of benzene rings is 1. The largest absolute Gasteiger partial charge is 0.481 e. The Morgan fingerprint density at radius 3 is 2.70 bits per heavy atom. The Hall–Kier alpha value is -1.93. The molecule has 0 aliphatic rings. The van der Waals surface area contributed by atoms with Gasteiger partial charge < -0.3 is 9.47 Å². The third-order valence-electron chi connectivity index (χ3n) is 2.71. The van der Waals surface area contributed by atoms with Crippen LogP contribution in [0.25, 0.3) is 0 Å². The van der Waals surface area contributed by atoms with E-state index in [2.05, 4.69) is 26.2 Å². The van der Waals surface area contributed by atoms with Crippen LogP contribution < -0.4 is 10.1 Å². The predicted molar refractivity (Wildman–Crippen MR) is 90.9 cm³/mol. The molecule has 2 aromatic rings. The number of carbonyl (C=O) groups is 2. The molecule has 122 valence electrons. The van der Waals surface area contributed by atoms with Crippen LogP contribution in [0.3, 0.4) is 0 Å². The second-order valence-electron chi connectivity index (χ2n) is 4.46. The quantitative estimate of drug-likeness (QED) is 0.753. The predicted octanol–water partition coefficient (Wildman–Crippen LogP) is 3.49. The molecule has 0 aliphatic carbocycles. The first-order valence-corrected chi connectivity index (χ1v) is 8.52. The van der Waals surface area contributed by atoms with Gasteiger partial charge in [-0.3, -0.25) is 10.1 Å². The molecule has 0 spiro atoms. The number of hydrogen-bond acceptors (Lipinski definition) is 6. The summed E-state index contributed by atoms with van der Waals surface area (Å²) >= 11 is 4.48. The van der Waals surface area contributed by atoms with E-state index >= 15 is 0 Å². The van der Waals surface area contributed by atoms with Crippen molar-refractivity contribution in [3.63, 3.8) is 0 Å². The summed E-state index contributed by atoms with van der Waals surface area (Å²) in [6, 6.07) is 7.17. The van der Waals surface area contributed by atoms with Crippen LogP contribution in [0, 0.1) is 0 Å². The maximum absolute atomic E-state index is 12.1. The minimum Gasteiger partial charge on any atom is -0.481 e. The first kappa shape index (κ1) is 17.4. The number of anilines is 1. The molecule has 0 saturated carbocycles. The summed E-state index contributed by atoms with van der Waals surface area (Å²) in [7, 11) is 0. The number of nitrogens with zero attached hydrogens (tertiary/aromatic N) is 1. The molecule has 1 N–H and O–H groups in total. The summed E-state index contributed by atoms with van der Waals surface area (Å²) in [6.07, 6.45) is -0.703. The Morgan fingerprint density at radius 2 is 2.04 bits per heavy atom. The smallest absolute Gasteiger partial charge is 0.357 e. The summed E-state index contributed by atoms with van der Waals surface area (Å²) in [6.45, 7) is 3.63. The first-order chi connectivity index (χ1) is 11.0. The number of esters is 1. The Morgan fingerprint density at radius 1 is 1.35 bits per heavy atom. The first-order valence-electron chi connectivity index (χ1n) is 6.85. The van der Waals surface area contributed by atoms with E-state index < -0.39 is 12.1 Å². The fourth-order valence-electron chi connectivity index (χ4n) is 1.61. The van der Waals surface area contributed by atoms with E-state index in [4.69, 9.17) is 9.47 Å². The van der Waals surface area contributed by atoms with Gasteiger partial charge in [0.25, 0.3) is 5.91 Å². The molecule has 6 nitrogen and oxygen atoms in total. The monoisotopic (exact) mass is 398 g/mol. The van der Waals surface area contributed by atoms with Crippen molar-refractivity contribution in [1.82, 2.24) is 4.98 Å². The molecule has 1 heterocycles. The molecule has 0 fully saturated rings. The van der Waals surface area contributed by atoms with E-state index in [1.165, 1.54) is 5.38 Å². The van der Waals surface area contributed by atoms with Gasteiger partial charge in [-0.05, 0) is 38.1 Å². The Kier molecular flexibility index (Phi) is 6.12. The van der Waals surface area contributed by atoms with Gasteiger partial charge in [0.05, 0.1) is 6.61 Å². The molecular weight excluding hydrogens is 384 g/mol. The van der Waals surface area contributed by atoms with Gasteiger partial charge in [0.1, 0.15) is 5.75 Å². The maximum Gasteiger partial charge on any atom is 0.357 e. The fraction of sp³-hybridized carbons (Fsp3) is 0.267. The summed E-state index contributed by atoms with van der Waals surface area (Å²) in [4.78, 5) is 27.6. The van der Waals surface area contributed by atoms with Gasteiger partial charge >= 0.3 is 5.97 Å². The van der Waals surface area contributed by atoms with Gasteiger partial charge in [0.2, 0.25) is 0 Å². The fourth-order valence-corrected chi connectivity index (χ4v) is 2.55. The molecule has 2 rings (SSSR count). The Balaban J connectivity index is 1.93. The molecule has 23 heavy (non-hydrogen) atoms. The van der Waals surface area contributed by atoms with Crippen LogP contribution in [0.5, 0.6) is 5.75 Å². The standard InChI is InChI=1S/C15H15BrN2O4S/c1-3-21-14(20)12-8-23-15(17-12)18-13(19)9(2)22-11-6-4-10(16)5-7-11/h4-9H,3H2,1-2H3,(H,17,18,19). The summed E-state index contributed by atoms with van der Waals surface area (Å²) < 4.78 is 11.3. The number of rotatable bonds is 6. The van der Waals surface area contributed by atoms with Gasteiger partial charge in [0.15, 0.2) is 16.9 Å². The average Bonchev–Trinajstić information content (AvgIpc) is 2.98. The van der Waals surface area contributed by atoms with E-state index in [0.717, 1.165) is 15.8 Å². The van der Waals surface area contributed by atoms with Crippen LogP contribution in [0.4, 0.5) is 5.13 Å². The second kappa shape index (κ2) is 8.07. The van der Waals surface area contributed by atoms with E-state index in [0.29, 0.717) is 10.9 Å². The molecule has 0 radical (unpaired) electrons. The van der Waals surface area contributed by atoms with Crippen molar-refractivity contribution < 1.29 is 19.1 Å². The van der Waals surface area contributed by atoms with E-state index in [9.17, 15) is 9.59 Å². The molecule has 0 aliphatic heterocycles.